The van der Waals surface area contributed by atoms with E-state index in [1.807, 2.05) is 25.6 Å². The van der Waals surface area contributed by atoms with Crippen LogP contribution in [0.5, 0.6) is 0 Å². The fourth-order valence-electron chi connectivity index (χ4n) is 2.56. The maximum Gasteiger partial charge on any atom is 0.191 e. The van der Waals surface area contributed by atoms with Crippen LogP contribution in [0.4, 0.5) is 0 Å². The summed E-state index contributed by atoms with van der Waals surface area (Å²) in [6.45, 7) is 4.92. The Morgan fingerprint density at radius 1 is 1.29 bits per heavy atom. The van der Waals surface area contributed by atoms with Gasteiger partial charge in [-0.1, -0.05) is 6.92 Å². The number of aliphatic imine (C=N–C) groups is 1. The molecule has 21 heavy (non-hydrogen) atoms. The lowest BCUT2D eigenvalue weighted by Gasteiger charge is -2.28. The van der Waals surface area contributed by atoms with Gasteiger partial charge in [0.2, 0.25) is 0 Å². The van der Waals surface area contributed by atoms with E-state index >= 15 is 0 Å². The van der Waals surface area contributed by atoms with E-state index in [2.05, 4.69) is 32.7 Å². The van der Waals surface area contributed by atoms with Crippen molar-refractivity contribution in [3.63, 3.8) is 0 Å². The van der Waals surface area contributed by atoms with E-state index in [-0.39, 0.29) is 24.0 Å². The van der Waals surface area contributed by atoms with Crippen molar-refractivity contribution in [2.45, 2.75) is 52.1 Å². The summed E-state index contributed by atoms with van der Waals surface area (Å²) in [6.07, 6.45) is 5.06. The van der Waals surface area contributed by atoms with E-state index in [0.717, 1.165) is 23.5 Å². The van der Waals surface area contributed by atoms with Gasteiger partial charge in [-0.05, 0) is 38.5 Å². The lowest BCUT2D eigenvalue weighted by Crippen LogP contribution is -2.44. The van der Waals surface area contributed by atoms with Crippen molar-refractivity contribution in [2.75, 3.05) is 7.05 Å². The van der Waals surface area contributed by atoms with Crippen molar-refractivity contribution in [1.82, 2.24) is 25.4 Å². The smallest absolute Gasteiger partial charge is 0.191 e. The number of nitrogens with one attached hydrogen (secondary N) is 2. The van der Waals surface area contributed by atoms with Gasteiger partial charge in [-0.25, -0.2) is 0 Å². The van der Waals surface area contributed by atoms with Crippen LogP contribution in [-0.2, 0) is 13.6 Å². The van der Waals surface area contributed by atoms with E-state index < -0.39 is 0 Å². The Hall–Kier alpha value is -0.860. The zero-order valence-corrected chi connectivity index (χ0v) is 15.7. The largest absolute Gasteiger partial charge is 0.354 e. The van der Waals surface area contributed by atoms with Crippen molar-refractivity contribution in [3.8, 4) is 0 Å². The van der Waals surface area contributed by atoms with Crippen molar-refractivity contribution >= 4 is 29.9 Å². The van der Waals surface area contributed by atoms with Crippen molar-refractivity contribution in [2.24, 2.45) is 18.0 Å². The number of hydrogen-bond acceptors (Lipinski definition) is 3. The minimum Gasteiger partial charge on any atom is -0.354 e. The molecule has 0 amide bonds. The monoisotopic (exact) mass is 406 g/mol. The Morgan fingerprint density at radius 2 is 1.95 bits per heavy atom. The van der Waals surface area contributed by atoms with E-state index in [1.54, 1.807) is 0 Å². The molecule has 1 saturated carbocycles. The van der Waals surface area contributed by atoms with Crippen LogP contribution in [0.2, 0.25) is 0 Å². The molecule has 0 spiro atoms. The SMILES string of the molecule is CN=C(NCc1nnc(C)n1C)NC1CCC(C)CC1.I. The molecule has 1 aromatic rings. The van der Waals surface area contributed by atoms with Crippen LogP contribution >= 0.6 is 24.0 Å². The molecule has 1 heterocycles. The minimum atomic E-state index is 0. The van der Waals surface area contributed by atoms with Crippen LogP contribution in [0, 0.1) is 12.8 Å². The number of guanidine groups is 1. The quantitative estimate of drug-likeness (QED) is 0.458. The topological polar surface area (TPSA) is 67.1 Å². The molecule has 0 aromatic carbocycles. The Bertz CT molecular complexity index is 462. The standard InChI is InChI=1S/C14H26N6.HI/c1-10-5-7-12(8-6-10)17-14(15-3)16-9-13-19-18-11(2)20(13)4;/h10,12H,5-9H2,1-4H3,(H2,15,16,17);1H. The number of rotatable bonds is 3. The Kier molecular flexibility index (Phi) is 7.41. The zero-order valence-electron chi connectivity index (χ0n) is 13.4. The second-order valence-electron chi connectivity index (χ2n) is 5.75. The highest BCUT2D eigenvalue weighted by Crippen LogP contribution is 2.23. The van der Waals surface area contributed by atoms with Gasteiger partial charge in [-0.2, -0.15) is 0 Å². The molecule has 1 aliphatic carbocycles. The van der Waals surface area contributed by atoms with Crippen LogP contribution in [0.15, 0.2) is 4.99 Å². The van der Waals surface area contributed by atoms with Gasteiger partial charge < -0.3 is 15.2 Å². The molecule has 0 radical (unpaired) electrons. The number of aryl methyl sites for hydroxylation is 1. The predicted molar refractivity (Wildman–Crippen MR) is 95.9 cm³/mol. The molecule has 1 aromatic heterocycles. The average molecular weight is 406 g/mol. The molecule has 0 saturated heterocycles. The molecule has 0 bridgehead atoms. The summed E-state index contributed by atoms with van der Waals surface area (Å²) in [6, 6.07) is 0.540. The van der Waals surface area contributed by atoms with Gasteiger partial charge in [-0.3, -0.25) is 4.99 Å². The van der Waals surface area contributed by atoms with Gasteiger partial charge in [0.1, 0.15) is 5.82 Å². The van der Waals surface area contributed by atoms with Gasteiger partial charge in [0.25, 0.3) is 0 Å². The molecule has 120 valence electrons. The number of aromatic nitrogens is 3. The zero-order chi connectivity index (χ0) is 14.5. The van der Waals surface area contributed by atoms with Gasteiger partial charge in [-0.15, -0.1) is 34.2 Å². The van der Waals surface area contributed by atoms with E-state index in [1.165, 1.54) is 25.7 Å². The first-order valence-corrected chi connectivity index (χ1v) is 7.42. The third-order valence-electron chi connectivity index (χ3n) is 4.18. The summed E-state index contributed by atoms with van der Waals surface area (Å²) < 4.78 is 1.99. The Balaban J connectivity index is 0.00000220. The van der Waals surface area contributed by atoms with E-state index in [4.69, 9.17) is 0 Å². The molecule has 1 aliphatic rings. The minimum absolute atomic E-state index is 0. The van der Waals surface area contributed by atoms with Crippen LogP contribution in [0.3, 0.4) is 0 Å². The molecule has 0 unspecified atom stereocenters. The van der Waals surface area contributed by atoms with E-state index in [0.29, 0.717) is 12.6 Å². The highest BCUT2D eigenvalue weighted by molar-refractivity contribution is 14.0. The first kappa shape index (κ1) is 18.2. The molecular weight excluding hydrogens is 379 g/mol. The highest BCUT2D eigenvalue weighted by Gasteiger charge is 2.19. The predicted octanol–water partition coefficient (Wildman–Crippen LogP) is 1.99. The molecule has 7 heteroatoms. The van der Waals surface area contributed by atoms with Crippen LogP contribution in [-0.4, -0.2) is 33.8 Å². The van der Waals surface area contributed by atoms with Crippen LogP contribution in [0.1, 0.15) is 44.3 Å². The third kappa shape index (κ3) is 5.12. The molecule has 2 N–H and O–H groups in total. The molecule has 0 aliphatic heterocycles. The first-order valence-electron chi connectivity index (χ1n) is 7.42. The second-order valence-corrected chi connectivity index (χ2v) is 5.75. The van der Waals surface area contributed by atoms with Crippen LogP contribution < -0.4 is 10.6 Å². The van der Waals surface area contributed by atoms with Crippen molar-refractivity contribution < 1.29 is 0 Å². The molecular formula is C14H27IN6. The highest BCUT2D eigenvalue weighted by atomic mass is 127. The summed E-state index contributed by atoms with van der Waals surface area (Å²) in [7, 11) is 3.79. The Morgan fingerprint density at radius 3 is 2.48 bits per heavy atom. The fourth-order valence-corrected chi connectivity index (χ4v) is 2.56. The Labute approximate surface area is 144 Å². The first-order chi connectivity index (χ1) is 9.60. The molecule has 0 atom stereocenters. The molecule has 1 fully saturated rings. The molecule has 2 rings (SSSR count). The lowest BCUT2D eigenvalue weighted by molar-refractivity contribution is 0.329. The summed E-state index contributed by atoms with van der Waals surface area (Å²) in [4.78, 5) is 4.29. The van der Waals surface area contributed by atoms with Gasteiger partial charge in [0.15, 0.2) is 11.8 Å². The number of halogens is 1. The van der Waals surface area contributed by atoms with Gasteiger partial charge in [0.05, 0.1) is 6.54 Å². The normalized spacial score (nSPS) is 22.6. The second kappa shape index (κ2) is 8.55. The van der Waals surface area contributed by atoms with Crippen molar-refractivity contribution in [1.29, 1.82) is 0 Å². The van der Waals surface area contributed by atoms with Gasteiger partial charge in [0, 0.05) is 20.1 Å². The number of nitrogens with zero attached hydrogens (tertiary/aromatic N) is 4. The number of hydrogen-bond donors (Lipinski definition) is 2. The molecule has 6 nitrogen and oxygen atoms in total. The maximum absolute atomic E-state index is 4.29. The summed E-state index contributed by atoms with van der Waals surface area (Å²) in [5, 5.41) is 15.0. The third-order valence-corrected chi connectivity index (χ3v) is 4.18. The maximum atomic E-state index is 4.29. The fraction of sp³-hybridized carbons (Fsp3) is 0.786. The summed E-state index contributed by atoms with van der Waals surface area (Å²) in [5.41, 5.74) is 0. The summed E-state index contributed by atoms with van der Waals surface area (Å²) >= 11 is 0. The average Bonchev–Trinajstić information content (AvgIpc) is 2.77. The lowest BCUT2D eigenvalue weighted by atomic mass is 9.87. The van der Waals surface area contributed by atoms with Crippen molar-refractivity contribution in [3.05, 3.63) is 11.6 Å². The van der Waals surface area contributed by atoms with Gasteiger partial charge >= 0.3 is 0 Å². The van der Waals surface area contributed by atoms with Crippen LogP contribution in [0.25, 0.3) is 0 Å². The van der Waals surface area contributed by atoms with E-state index in [9.17, 15) is 0 Å². The summed E-state index contributed by atoms with van der Waals surface area (Å²) in [5.74, 6) is 3.56.